The molecule has 0 unspecified atom stereocenters. The van der Waals surface area contributed by atoms with Crippen LogP contribution in [0.5, 0.6) is 0 Å². The van der Waals surface area contributed by atoms with E-state index >= 15 is 0 Å². The van der Waals surface area contributed by atoms with Gasteiger partial charge in [-0.25, -0.2) is 17.9 Å². The number of nitrogens with two attached hydrogens (primary N) is 2. The van der Waals surface area contributed by atoms with Gasteiger partial charge < -0.3 is 16.0 Å². The Morgan fingerprint density at radius 2 is 1.68 bits per heavy atom. The first kappa shape index (κ1) is 26.8. The number of amides is 2. The molecule has 180 valence electrons. The second-order valence-electron chi connectivity index (χ2n) is 7.46. The van der Waals surface area contributed by atoms with Gasteiger partial charge in [0.15, 0.2) is 0 Å². The van der Waals surface area contributed by atoms with Gasteiger partial charge in [0.25, 0.3) is 5.91 Å². The van der Waals surface area contributed by atoms with Gasteiger partial charge in [0.1, 0.15) is 12.4 Å². The fourth-order valence-electron chi connectivity index (χ4n) is 3.25. The molecule has 0 saturated carbocycles. The van der Waals surface area contributed by atoms with Crippen molar-refractivity contribution >= 4 is 45.6 Å². The first-order valence-electron chi connectivity index (χ1n) is 9.86. The van der Waals surface area contributed by atoms with Crippen molar-refractivity contribution in [2.75, 3.05) is 17.6 Å². The van der Waals surface area contributed by atoms with Crippen molar-refractivity contribution in [3.05, 3.63) is 89.2 Å². The Bertz CT molecular complexity index is 1300. The van der Waals surface area contributed by atoms with Gasteiger partial charge in [-0.2, -0.15) is 0 Å². The minimum absolute atomic E-state index is 0. The fraction of sp³-hybridized carbons (Fsp3) is 0.130. The largest absolute Gasteiger partial charge is 0.399 e. The molecule has 0 spiro atoms. The maximum absolute atomic E-state index is 13.9. The van der Waals surface area contributed by atoms with Crippen molar-refractivity contribution in [1.29, 1.82) is 0 Å². The summed E-state index contributed by atoms with van der Waals surface area (Å²) < 4.78 is 37.3. The lowest BCUT2D eigenvalue weighted by molar-refractivity contribution is -0.117. The van der Waals surface area contributed by atoms with E-state index in [-0.39, 0.29) is 41.6 Å². The minimum atomic E-state index is -3.94. The number of para-hydroxylation sites is 1. The first-order chi connectivity index (χ1) is 15.5. The topological polar surface area (TPSA) is 136 Å². The number of benzene rings is 3. The molecule has 3 aromatic rings. The highest BCUT2D eigenvalue weighted by Gasteiger charge is 2.22. The number of primary sulfonamides is 1. The van der Waals surface area contributed by atoms with Gasteiger partial charge in [0.05, 0.1) is 10.6 Å². The molecule has 3 aromatic carbocycles. The van der Waals surface area contributed by atoms with E-state index in [2.05, 4.69) is 5.32 Å². The van der Waals surface area contributed by atoms with Crippen molar-refractivity contribution in [2.45, 2.75) is 18.4 Å². The summed E-state index contributed by atoms with van der Waals surface area (Å²) in [5, 5.41) is 7.65. The molecule has 0 fully saturated rings. The number of sulfonamides is 1. The monoisotopic (exact) mass is 506 g/mol. The van der Waals surface area contributed by atoms with Crippen LogP contribution in [0, 0.1) is 12.7 Å². The van der Waals surface area contributed by atoms with E-state index in [1.54, 1.807) is 30.3 Å². The number of halogens is 2. The third-order valence-corrected chi connectivity index (χ3v) is 5.92. The van der Waals surface area contributed by atoms with Gasteiger partial charge in [0.2, 0.25) is 15.9 Å². The number of anilines is 2. The summed E-state index contributed by atoms with van der Waals surface area (Å²) in [7, 11) is -3.94. The molecule has 8 nitrogen and oxygen atoms in total. The number of nitrogen functional groups attached to an aromatic ring is 1. The van der Waals surface area contributed by atoms with Gasteiger partial charge in [-0.3, -0.25) is 9.59 Å². The number of nitrogens with one attached hydrogen (secondary N) is 1. The molecule has 0 heterocycles. The summed E-state index contributed by atoms with van der Waals surface area (Å²) in [6.45, 7) is 1.22. The normalized spacial score (nSPS) is 10.8. The van der Waals surface area contributed by atoms with Gasteiger partial charge in [-0.15, -0.1) is 12.4 Å². The van der Waals surface area contributed by atoms with E-state index in [1.165, 1.54) is 48.2 Å². The number of nitrogens with zero attached hydrogens (tertiary/aromatic N) is 1. The number of carbonyl (C=O) groups is 2. The maximum atomic E-state index is 13.9. The number of hydrogen-bond donors (Lipinski definition) is 3. The quantitative estimate of drug-likeness (QED) is 0.423. The zero-order valence-electron chi connectivity index (χ0n) is 18.2. The van der Waals surface area contributed by atoms with E-state index in [1.807, 2.05) is 0 Å². The molecule has 0 atom stereocenters. The van der Waals surface area contributed by atoms with Crippen LogP contribution in [0.1, 0.15) is 21.5 Å². The average molecular weight is 507 g/mol. The van der Waals surface area contributed by atoms with Gasteiger partial charge >= 0.3 is 0 Å². The third-order valence-electron chi connectivity index (χ3n) is 4.85. The molecule has 3 rings (SSSR count). The molecule has 5 N–H and O–H groups in total. The van der Waals surface area contributed by atoms with Crippen molar-refractivity contribution in [3.63, 3.8) is 0 Å². The summed E-state index contributed by atoms with van der Waals surface area (Å²) in [4.78, 5) is 27.0. The van der Waals surface area contributed by atoms with Crippen molar-refractivity contribution in [2.24, 2.45) is 5.14 Å². The molecule has 0 radical (unpaired) electrons. The Kier molecular flexibility index (Phi) is 8.74. The molecule has 0 saturated heterocycles. The van der Waals surface area contributed by atoms with Crippen LogP contribution in [0.4, 0.5) is 15.8 Å². The molecule has 0 aliphatic rings. The summed E-state index contributed by atoms with van der Waals surface area (Å²) >= 11 is 0. The summed E-state index contributed by atoms with van der Waals surface area (Å²) in [5.41, 5.74) is 7.45. The highest BCUT2D eigenvalue weighted by Crippen LogP contribution is 2.19. The Labute approximate surface area is 203 Å². The second kappa shape index (κ2) is 11.1. The van der Waals surface area contributed by atoms with Crippen LogP contribution < -0.4 is 16.2 Å². The molecule has 34 heavy (non-hydrogen) atoms. The number of rotatable bonds is 7. The lowest BCUT2D eigenvalue weighted by Crippen LogP contribution is -2.37. The van der Waals surface area contributed by atoms with Crippen LogP contribution in [0.15, 0.2) is 71.6 Å². The molecular formula is C23H24ClFN4O4S. The van der Waals surface area contributed by atoms with E-state index in [0.29, 0.717) is 16.8 Å². The van der Waals surface area contributed by atoms with Crippen molar-refractivity contribution in [3.8, 4) is 0 Å². The first-order valence-corrected chi connectivity index (χ1v) is 11.4. The minimum Gasteiger partial charge on any atom is -0.399 e. The number of aryl methyl sites for hydroxylation is 1. The van der Waals surface area contributed by atoms with Gasteiger partial charge in [0, 0.05) is 17.8 Å². The summed E-state index contributed by atoms with van der Waals surface area (Å²) in [6, 6.07) is 16.5. The lowest BCUT2D eigenvalue weighted by Gasteiger charge is -2.23. The number of hydrogen-bond acceptors (Lipinski definition) is 5. The highest BCUT2D eigenvalue weighted by molar-refractivity contribution is 7.89. The van der Waals surface area contributed by atoms with Crippen LogP contribution in [0.3, 0.4) is 0 Å². The standard InChI is InChI=1S/C23H23FN4O4S.ClH/c1-15-12-17(8-11-21(15)33(26,31)32)23(30)28(13-16-6-9-18(25)10-7-16)14-22(29)27-20-5-3-2-4-19(20)24;/h2-12H,13-14,25H2,1H3,(H,27,29)(H2,26,31,32);1H. The van der Waals surface area contributed by atoms with Gasteiger partial charge in [-0.1, -0.05) is 24.3 Å². The highest BCUT2D eigenvalue weighted by atomic mass is 35.5. The Morgan fingerprint density at radius 1 is 1.03 bits per heavy atom. The predicted molar refractivity (Wildman–Crippen MR) is 130 cm³/mol. The van der Waals surface area contributed by atoms with E-state index in [9.17, 15) is 22.4 Å². The Balaban J connectivity index is 0.00000408. The zero-order valence-corrected chi connectivity index (χ0v) is 19.8. The maximum Gasteiger partial charge on any atom is 0.254 e. The van der Waals surface area contributed by atoms with E-state index in [4.69, 9.17) is 10.9 Å². The second-order valence-corrected chi connectivity index (χ2v) is 8.99. The molecule has 0 aliphatic carbocycles. The molecular weight excluding hydrogens is 483 g/mol. The smallest absolute Gasteiger partial charge is 0.254 e. The SMILES string of the molecule is Cc1cc(C(=O)N(CC(=O)Nc2ccccc2F)Cc2ccc(N)cc2)ccc1S(N)(=O)=O.Cl. The van der Waals surface area contributed by atoms with Crippen LogP contribution in [0.2, 0.25) is 0 Å². The van der Waals surface area contributed by atoms with Crippen LogP contribution >= 0.6 is 12.4 Å². The lowest BCUT2D eigenvalue weighted by atomic mass is 10.1. The number of carbonyl (C=O) groups excluding carboxylic acids is 2. The average Bonchev–Trinajstić information content (AvgIpc) is 2.75. The van der Waals surface area contributed by atoms with Crippen molar-refractivity contribution in [1.82, 2.24) is 4.90 Å². The van der Waals surface area contributed by atoms with Crippen molar-refractivity contribution < 1.29 is 22.4 Å². The van der Waals surface area contributed by atoms with Crippen LogP contribution in [0.25, 0.3) is 0 Å². The van der Waals surface area contributed by atoms with E-state index in [0.717, 1.165) is 0 Å². The molecule has 0 aliphatic heterocycles. The predicted octanol–water partition coefficient (Wildman–Crippen LogP) is 3.07. The Morgan fingerprint density at radius 3 is 2.26 bits per heavy atom. The van der Waals surface area contributed by atoms with Crippen LogP contribution in [-0.4, -0.2) is 31.7 Å². The van der Waals surface area contributed by atoms with E-state index < -0.39 is 27.7 Å². The van der Waals surface area contributed by atoms with Gasteiger partial charge in [-0.05, 0) is 60.5 Å². The molecule has 0 aromatic heterocycles. The Hall–Kier alpha value is -3.47. The molecule has 11 heteroatoms. The summed E-state index contributed by atoms with van der Waals surface area (Å²) in [5.74, 6) is -1.71. The zero-order chi connectivity index (χ0) is 24.2. The fourth-order valence-corrected chi connectivity index (χ4v) is 4.02. The summed E-state index contributed by atoms with van der Waals surface area (Å²) in [6.07, 6.45) is 0. The third kappa shape index (κ3) is 6.77. The molecule has 2 amide bonds. The van der Waals surface area contributed by atoms with Crippen LogP contribution in [-0.2, 0) is 21.4 Å². The molecule has 0 bridgehead atoms.